The van der Waals surface area contributed by atoms with Crippen molar-refractivity contribution in [3.63, 3.8) is 0 Å². The number of carbonyl (C=O) groups is 1. The van der Waals surface area contributed by atoms with Crippen LogP contribution in [0.3, 0.4) is 0 Å². The van der Waals surface area contributed by atoms with Crippen LogP contribution in [0, 0.1) is 11.2 Å². The van der Waals surface area contributed by atoms with Gasteiger partial charge in [-0.2, -0.15) is 9.78 Å². The quantitative estimate of drug-likeness (QED) is 0.365. The van der Waals surface area contributed by atoms with Crippen molar-refractivity contribution in [3.8, 4) is 0 Å². The number of azo groups is 1. The van der Waals surface area contributed by atoms with Crippen LogP contribution in [0.2, 0.25) is 0 Å². The first kappa shape index (κ1) is 19.3. The fourth-order valence-electron chi connectivity index (χ4n) is 4.14. The fraction of sp³-hybridized carbons (Fsp3) is 0.200. The highest BCUT2D eigenvalue weighted by Crippen LogP contribution is 2.41. The number of halogens is 1. The molecule has 0 fully saturated rings. The van der Waals surface area contributed by atoms with E-state index < -0.39 is 0 Å². The highest BCUT2D eigenvalue weighted by molar-refractivity contribution is 5.96. The van der Waals surface area contributed by atoms with Gasteiger partial charge in [-0.3, -0.25) is 4.79 Å². The van der Waals surface area contributed by atoms with E-state index in [-0.39, 0.29) is 17.1 Å². The van der Waals surface area contributed by atoms with Crippen molar-refractivity contribution in [2.75, 3.05) is 0 Å². The van der Waals surface area contributed by atoms with Gasteiger partial charge in [0.1, 0.15) is 11.5 Å². The van der Waals surface area contributed by atoms with Gasteiger partial charge in [0.25, 0.3) is 5.91 Å². The monoisotopic (exact) mass is 412 g/mol. The zero-order valence-electron chi connectivity index (χ0n) is 17.3. The number of rotatable bonds is 3. The molecule has 0 N–H and O–H groups in total. The molecular formula is C25H21FN4O. The van der Waals surface area contributed by atoms with Gasteiger partial charge in [-0.05, 0) is 54.0 Å². The minimum absolute atomic E-state index is 0.0372. The topological polar surface area (TPSA) is 59.6 Å². The van der Waals surface area contributed by atoms with Gasteiger partial charge < -0.3 is 0 Å². The van der Waals surface area contributed by atoms with Gasteiger partial charge in [-0.15, -0.1) is 10.2 Å². The molecule has 3 aromatic carbocycles. The average molecular weight is 412 g/mol. The van der Waals surface area contributed by atoms with E-state index in [1.165, 1.54) is 28.9 Å². The number of nitrogens with zero attached hydrogens (tertiary/aromatic N) is 4. The van der Waals surface area contributed by atoms with Crippen LogP contribution in [0.1, 0.15) is 35.6 Å². The summed E-state index contributed by atoms with van der Waals surface area (Å²) >= 11 is 0. The summed E-state index contributed by atoms with van der Waals surface area (Å²) in [7, 11) is 0. The Kier molecular flexibility index (Phi) is 4.50. The molecule has 31 heavy (non-hydrogen) atoms. The number of hydrogen-bond acceptors (Lipinski definition) is 4. The Morgan fingerprint density at radius 2 is 1.71 bits per heavy atom. The SMILES string of the molecule is CC1(C)Cc2nn(C(=O)c3ccc(F)cc3)c(c2N=Nc2cccc3ccccc23)C1. The minimum atomic E-state index is -0.382. The number of fused-ring (bicyclic) bond motifs is 3. The third kappa shape index (κ3) is 3.54. The van der Waals surface area contributed by atoms with Gasteiger partial charge in [0.05, 0.1) is 17.1 Å². The van der Waals surface area contributed by atoms with Gasteiger partial charge >= 0.3 is 0 Å². The molecule has 0 aliphatic heterocycles. The first-order valence-electron chi connectivity index (χ1n) is 10.2. The molecule has 2 bridgehead atoms. The second kappa shape index (κ2) is 7.23. The lowest BCUT2D eigenvalue weighted by molar-refractivity contribution is 0.0941. The van der Waals surface area contributed by atoms with Crippen LogP contribution in [0.4, 0.5) is 15.8 Å². The van der Waals surface area contributed by atoms with Crippen molar-refractivity contribution in [1.29, 1.82) is 0 Å². The molecule has 0 saturated heterocycles. The first-order chi connectivity index (χ1) is 14.9. The molecule has 4 aromatic rings. The van der Waals surface area contributed by atoms with E-state index in [4.69, 9.17) is 0 Å². The van der Waals surface area contributed by atoms with Gasteiger partial charge in [0.15, 0.2) is 0 Å². The normalized spacial score (nSPS) is 14.9. The Hall–Kier alpha value is -3.67. The zero-order chi connectivity index (χ0) is 21.6. The summed E-state index contributed by atoms with van der Waals surface area (Å²) < 4.78 is 14.7. The van der Waals surface area contributed by atoms with Crippen molar-refractivity contribution in [2.24, 2.45) is 15.6 Å². The van der Waals surface area contributed by atoms with Crippen molar-refractivity contribution in [3.05, 3.63) is 89.5 Å². The summed E-state index contributed by atoms with van der Waals surface area (Å²) in [4.78, 5) is 13.1. The van der Waals surface area contributed by atoms with Crippen molar-refractivity contribution < 1.29 is 9.18 Å². The van der Waals surface area contributed by atoms with Gasteiger partial charge in [-0.1, -0.05) is 50.2 Å². The predicted octanol–water partition coefficient (Wildman–Crippen LogP) is 6.40. The van der Waals surface area contributed by atoms with Crippen LogP contribution < -0.4 is 0 Å². The molecule has 1 aromatic heterocycles. The van der Waals surface area contributed by atoms with E-state index in [0.717, 1.165) is 27.8 Å². The Balaban J connectivity index is 1.58. The predicted molar refractivity (Wildman–Crippen MR) is 118 cm³/mol. The van der Waals surface area contributed by atoms with E-state index in [2.05, 4.69) is 29.2 Å². The molecule has 5 nitrogen and oxygen atoms in total. The van der Waals surface area contributed by atoms with Crippen molar-refractivity contribution in [2.45, 2.75) is 26.7 Å². The van der Waals surface area contributed by atoms with Crippen molar-refractivity contribution >= 4 is 28.1 Å². The van der Waals surface area contributed by atoms with Crippen LogP contribution in [0.5, 0.6) is 0 Å². The third-order valence-electron chi connectivity index (χ3n) is 5.62. The molecule has 0 unspecified atom stereocenters. The standard InChI is InChI=1S/C25H21FN4O/c1-25(2)14-21-23(28-27-20-9-5-7-16-6-3-4-8-19(16)20)22(15-25)30(29-21)24(31)17-10-12-18(26)13-11-17/h3-13H,14-15H2,1-2H3. The Morgan fingerprint density at radius 3 is 2.52 bits per heavy atom. The number of carbonyl (C=O) groups excluding carboxylic acids is 1. The van der Waals surface area contributed by atoms with E-state index >= 15 is 0 Å². The van der Waals surface area contributed by atoms with Gasteiger partial charge in [0.2, 0.25) is 0 Å². The maximum atomic E-state index is 13.3. The van der Waals surface area contributed by atoms with Gasteiger partial charge in [-0.25, -0.2) is 4.39 Å². The average Bonchev–Trinajstić information content (AvgIpc) is 2.99. The molecule has 0 saturated carbocycles. The molecular weight excluding hydrogens is 391 g/mol. The fourth-order valence-corrected chi connectivity index (χ4v) is 4.14. The molecule has 1 aliphatic rings. The van der Waals surface area contributed by atoms with Crippen LogP contribution in [-0.2, 0) is 12.8 Å². The van der Waals surface area contributed by atoms with Crippen LogP contribution in [-0.4, -0.2) is 15.7 Å². The molecule has 6 heteroatoms. The van der Waals surface area contributed by atoms with E-state index in [1.807, 2.05) is 42.5 Å². The van der Waals surface area contributed by atoms with Gasteiger partial charge in [0, 0.05) is 10.9 Å². The largest absolute Gasteiger partial charge is 0.278 e. The first-order valence-corrected chi connectivity index (χ1v) is 10.2. The second-order valence-electron chi connectivity index (χ2n) is 8.68. The van der Waals surface area contributed by atoms with E-state index in [9.17, 15) is 9.18 Å². The molecule has 1 aliphatic carbocycles. The molecule has 154 valence electrons. The third-order valence-corrected chi connectivity index (χ3v) is 5.62. The molecule has 0 amide bonds. The lowest BCUT2D eigenvalue weighted by Gasteiger charge is -2.26. The highest BCUT2D eigenvalue weighted by Gasteiger charge is 2.35. The summed E-state index contributed by atoms with van der Waals surface area (Å²) in [6, 6.07) is 19.4. The Labute approximate surface area is 179 Å². The number of hydrogen-bond donors (Lipinski definition) is 0. The molecule has 0 radical (unpaired) electrons. The summed E-state index contributed by atoms with van der Waals surface area (Å²) in [5.74, 6) is -0.673. The Bertz CT molecular complexity index is 1330. The Morgan fingerprint density at radius 1 is 0.968 bits per heavy atom. The summed E-state index contributed by atoms with van der Waals surface area (Å²) in [6.45, 7) is 4.29. The lowest BCUT2D eigenvalue weighted by atomic mass is 9.79. The summed E-state index contributed by atoms with van der Waals surface area (Å²) in [6.07, 6.45) is 1.35. The molecule has 1 heterocycles. The van der Waals surface area contributed by atoms with Crippen LogP contribution in [0.15, 0.2) is 77.0 Å². The van der Waals surface area contributed by atoms with Crippen LogP contribution in [0.25, 0.3) is 10.8 Å². The molecule has 5 rings (SSSR count). The van der Waals surface area contributed by atoms with Crippen molar-refractivity contribution in [1.82, 2.24) is 9.78 Å². The van der Waals surface area contributed by atoms with E-state index in [1.54, 1.807) is 0 Å². The smallest absolute Gasteiger partial charge is 0.267 e. The summed E-state index contributed by atoms with van der Waals surface area (Å²) in [5.41, 5.74) is 3.27. The van der Waals surface area contributed by atoms with Crippen LogP contribution >= 0.6 is 0 Å². The van der Waals surface area contributed by atoms with E-state index in [0.29, 0.717) is 24.1 Å². The second-order valence-corrected chi connectivity index (χ2v) is 8.68. The lowest BCUT2D eigenvalue weighted by Crippen LogP contribution is -2.23. The summed E-state index contributed by atoms with van der Waals surface area (Å²) in [5, 5.41) is 15.8. The minimum Gasteiger partial charge on any atom is -0.267 e. The number of benzene rings is 3. The zero-order valence-corrected chi connectivity index (χ0v) is 17.3. The maximum absolute atomic E-state index is 13.3. The highest BCUT2D eigenvalue weighted by atomic mass is 19.1. The number of aromatic nitrogens is 2. The molecule has 0 atom stereocenters. The maximum Gasteiger partial charge on any atom is 0.278 e. The molecule has 0 spiro atoms.